The third-order valence-corrected chi connectivity index (χ3v) is 4.60. The Morgan fingerprint density at radius 3 is 2.54 bits per heavy atom. The molecule has 3 rings (SSSR count). The van der Waals surface area contributed by atoms with Crippen LogP contribution in [0.2, 0.25) is 0 Å². The van der Waals surface area contributed by atoms with Crippen LogP contribution < -0.4 is 14.2 Å². The summed E-state index contributed by atoms with van der Waals surface area (Å²) < 4.78 is 26.5. The van der Waals surface area contributed by atoms with Crippen LogP contribution in [0.25, 0.3) is 16.8 Å². The molecular formula is C20H19NO6S. The Labute approximate surface area is 166 Å². The molecule has 0 fully saturated rings. The molecule has 146 valence electrons. The van der Waals surface area contributed by atoms with Gasteiger partial charge in [-0.05, 0) is 35.2 Å². The highest BCUT2D eigenvalue weighted by Crippen LogP contribution is 2.38. The summed E-state index contributed by atoms with van der Waals surface area (Å²) in [7, 11) is 4.59. The number of ether oxygens (including phenoxy) is 4. The number of hydrogen-bond donors (Lipinski definition) is 0. The summed E-state index contributed by atoms with van der Waals surface area (Å²) >= 11 is 1.52. The Bertz CT molecular complexity index is 936. The summed E-state index contributed by atoms with van der Waals surface area (Å²) in [6.45, 7) is 0.0211. The van der Waals surface area contributed by atoms with E-state index in [-0.39, 0.29) is 6.61 Å². The highest BCUT2D eigenvalue weighted by molar-refractivity contribution is 7.13. The lowest BCUT2D eigenvalue weighted by Gasteiger charge is -2.12. The number of methoxy groups -OCH3 is 3. The zero-order valence-electron chi connectivity index (χ0n) is 15.6. The van der Waals surface area contributed by atoms with Crippen molar-refractivity contribution in [1.82, 2.24) is 4.98 Å². The average Bonchev–Trinajstić information content (AvgIpc) is 3.41. The third-order valence-electron chi connectivity index (χ3n) is 3.74. The molecule has 2 heterocycles. The Balaban J connectivity index is 1.62. The lowest BCUT2D eigenvalue weighted by atomic mass is 10.1. The molecule has 0 saturated carbocycles. The number of oxazole rings is 1. The quantitative estimate of drug-likeness (QED) is 0.414. The molecule has 0 amide bonds. The smallest absolute Gasteiger partial charge is 0.331 e. The highest BCUT2D eigenvalue weighted by Gasteiger charge is 2.12. The van der Waals surface area contributed by atoms with E-state index in [2.05, 4.69) is 4.98 Å². The Kier molecular flexibility index (Phi) is 6.33. The minimum Gasteiger partial charge on any atom is -0.493 e. The Hall–Kier alpha value is -3.26. The fraction of sp³-hybridized carbons (Fsp3) is 0.200. The lowest BCUT2D eigenvalue weighted by molar-refractivity contribution is -0.139. The van der Waals surface area contributed by atoms with Crippen LogP contribution in [-0.2, 0) is 16.1 Å². The molecule has 0 radical (unpaired) electrons. The van der Waals surface area contributed by atoms with Crippen LogP contribution in [0.15, 0.2) is 46.4 Å². The molecule has 28 heavy (non-hydrogen) atoms. The number of benzene rings is 1. The maximum Gasteiger partial charge on any atom is 0.331 e. The van der Waals surface area contributed by atoms with Crippen molar-refractivity contribution in [3.05, 3.63) is 53.2 Å². The van der Waals surface area contributed by atoms with E-state index in [0.29, 0.717) is 34.4 Å². The summed E-state index contributed by atoms with van der Waals surface area (Å²) in [5, 5.41) is 1.94. The van der Waals surface area contributed by atoms with Gasteiger partial charge < -0.3 is 23.4 Å². The fourth-order valence-corrected chi connectivity index (χ4v) is 3.10. The predicted molar refractivity (Wildman–Crippen MR) is 105 cm³/mol. The molecule has 0 N–H and O–H groups in total. The summed E-state index contributed by atoms with van der Waals surface area (Å²) in [6.07, 6.45) is 4.40. The molecule has 3 aromatic rings. The number of esters is 1. The molecule has 0 saturated heterocycles. The maximum absolute atomic E-state index is 12.0. The first-order chi connectivity index (χ1) is 13.6. The van der Waals surface area contributed by atoms with E-state index in [0.717, 1.165) is 4.88 Å². The summed E-state index contributed by atoms with van der Waals surface area (Å²) in [5.74, 6) is 1.48. The highest BCUT2D eigenvalue weighted by atomic mass is 32.1. The van der Waals surface area contributed by atoms with Gasteiger partial charge in [0.25, 0.3) is 0 Å². The van der Waals surface area contributed by atoms with Crippen molar-refractivity contribution in [2.75, 3.05) is 21.3 Å². The monoisotopic (exact) mass is 401 g/mol. The fourth-order valence-electron chi connectivity index (χ4n) is 2.44. The normalized spacial score (nSPS) is 10.8. The summed E-state index contributed by atoms with van der Waals surface area (Å²) in [4.78, 5) is 17.2. The Morgan fingerprint density at radius 1 is 1.18 bits per heavy atom. The van der Waals surface area contributed by atoms with E-state index in [9.17, 15) is 4.79 Å². The van der Waals surface area contributed by atoms with Crippen molar-refractivity contribution in [2.24, 2.45) is 0 Å². The van der Waals surface area contributed by atoms with Crippen LogP contribution in [-0.4, -0.2) is 32.3 Å². The van der Waals surface area contributed by atoms with Gasteiger partial charge in [-0.25, -0.2) is 9.78 Å². The predicted octanol–water partition coefficient (Wildman–Crippen LogP) is 4.19. The standard InChI is InChI=1S/C20H19NO6S/c1-23-15-9-13(10-16(24-2)19(15)25-3)6-7-18(22)26-11-14-12-27-20(21-14)17-5-4-8-28-17/h4-10,12H,11H2,1-3H3/b7-6+. The Morgan fingerprint density at radius 2 is 1.93 bits per heavy atom. The molecule has 1 aromatic carbocycles. The van der Waals surface area contributed by atoms with E-state index in [1.165, 1.54) is 45.0 Å². The molecule has 0 aliphatic rings. The van der Waals surface area contributed by atoms with Crippen LogP contribution >= 0.6 is 11.3 Å². The summed E-state index contributed by atoms with van der Waals surface area (Å²) in [6, 6.07) is 7.29. The van der Waals surface area contributed by atoms with Gasteiger partial charge in [0.2, 0.25) is 11.6 Å². The second-order valence-corrected chi connectivity index (χ2v) is 6.47. The molecule has 0 spiro atoms. The molecular weight excluding hydrogens is 382 g/mol. The number of carbonyl (C=O) groups excluding carboxylic acids is 1. The van der Waals surface area contributed by atoms with Gasteiger partial charge in [-0.15, -0.1) is 11.3 Å². The van der Waals surface area contributed by atoms with Gasteiger partial charge in [-0.3, -0.25) is 0 Å². The molecule has 7 nitrogen and oxygen atoms in total. The van der Waals surface area contributed by atoms with Gasteiger partial charge in [0.1, 0.15) is 18.6 Å². The van der Waals surface area contributed by atoms with Gasteiger partial charge in [-0.1, -0.05) is 6.07 Å². The van der Waals surface area contributed by atoms with Gasteiger partial charge >= 0.3 is 5.97 Å². The first-order valence-electron chi connectivity index (χ1n) is 8.27. The third kappa shape index (κ3) is 4.52. The molecule has 0 unspecified atom stereocenters. The molecule has 2 aromatic heterocycles. The molecule has 8 heteroatoms. The van der Waals surface area contributed by atoms with Gasteiger partial charge in [-0.2, -0.15) is 0 Å². The van der Waals surface area contributed by atoms with Crippen molar-refractivity contribution in [2.45, 2.75) is 6.61 Å². The second kappa shape index (κ2) is 9.09. The van der Waals surface area contributed by atoms with Crippen LogP contribution in [0, 0.1) is 0 Å². The number of rotatable bonds is 8. The zero-order valence-corrected chi connectivity index (χ0v) is 16.4. The van der Waals surface area contributed by atoms with Crippen molar-refractivity contribution < 1.29 is 28.2 Å². The van der Waals surface area contributed by atoms with Crippen molar-refractivity contribution in [3.8, 4) is 28.0 Å². The van der Waals surface area contributed by atoms with E-state index < -0.39 is 5.97 Å². The van der Waals surface area contributed by atoms with Crippen LogP contribution in [0.3, 0.4) is 0 Å². The van der Waals surface area contributed by atoms with Crippen LogP contribution in [0.1, 0.15) is 11.3 Å². The van der Waals surface area contributed by atoms with Crippen molar-refractivity contribution >= 4 is 23.4 Å². The number of aromatic nitrogens is 1. The molecule has 0 bridgehead atoms. The van der Waals surface area contributed by atoms with E-state index in [1.807, 2.05) is 17.5 Å². The van der Waals surface area contributed by atoms with Crippen molar-refractivity contribution in [1.29, 1.82) is 0 Å². The maximum atomic E-state index is 12.0. The lowest BCUT2D eigenvalue weighted by Crippen LogP contribution is -2.01. The number of thiophene rings is 1. The number of hydrogen-bond acceptors (Lipinski definition) is 8. The minimum absolute atomic E-state index is 0.0211. The van der Waals surface area contributed by atoms with E-state index in [4.69, 9.17) is 23.4 Å². The van der Waals surface area contributed by atoms with Crippen LogP contribution in [0.4, 0.5) is 0 Å². The largest absolute Gasteiger partial charge is 0.493 e. The SMILES string of the molecule is COc1cc(/C=C/C(=O)OCc2coc(-c3cccs3)n2)cc(OC)c1OC. The van der Waals surface area contributed by atoms with E-state index in [1.54, 1.807) is 18.2 Å². The van der Waals surface area contributed by atoms with Crippen LogP contribution in [0.5, 0.6) is 17.2 Å². The average molecular weight is 401 g/mol. The second-order valence-electron chi connectivity index (χ2n) is 5.52. The van der Waals surface area contributed by atoms with Gasteiger partial charge in [0.15, 0.2) is 11.5 Å². The van der Waals surface area contributed by atoms with E-state index >= 15 is 0 Å². The van der Waals surface area contributed by atoms with Gasteiger partial charge in [0.05, 0.1) is 26.2 Å². The minimum atomic E-state index is -0.505. The molecule has 0 aliphatic carbocycles. The number of nitrogens with zero attached hydrogens (tertiary/aromatic N) is 1. The molecule has 0 aliphatic heterocycles. The zero-order chi connectivity index (χ0) is 19.9. The number of carbonyl (C=O) groups is 1. The first kappa shape index (κ1) is 19.5. The van der Waals surface area contributed by atoms with Gasteiger partial charge in [0, 0.05) is 6.08 Å². The molecule has 0 atom stereocenters. The first-order valence-corrected chi connectivity index (χ1v) is 9.15. The summed E-state index contributed by atoms with van der Waals surface area (Å²) in [5.41, 5.74) is 1.24. The van der Waals surface area contributed by atoms with Crippen molar-refractivity contribution in [3.63, 3.8) is 0 Å². The topological polar surface area (TPSA) is 80.0 Å².